The molecule has 5 heteroatoms. The third-order valence-electron chi connectivity index (χ3n) is 4.87. The van der Waals surface area contributed by atoms with Crippen molar-refractivity contribution in [3.63, 3.8) is 0 Å². The largest absolute Gasteiger partial charge is 0.391 e. The van der Waals surface area contributed by atoms with E-state index in [9.17, 15) is 9.90 Å². The number of pyridine rings is 1. The van der Waals surface area contributed by atoms with Gasteiger partial charge in [0.05, 0.1) is 11.8 Å². The first-order chi connectivity index (χ1) is 10.6. The van der Waals surface area contributed by atoms with Crippen molar-refractivity contribution in [2.45, 2.75) is 38.8 Å². The fourth-order valence-corrected chi connectivity index (χ4v) is 3.49. The summed E-state index contributed by atoms with van der Waals surface area (Å²) in [7, 11) is 0. The van der Waals surface area contributed by atoms with Gasteiger partial charge in [0.2, 0.25) is 5.91 Å². The van der Waals surface area contributed by atoms with Crippen molar-refractivity contribution in [3.8, 4) is 0 Å². The number of aliphatic hydroxyl groups is 1. The molecule has 120 valence electrons. The highest BCUT2D eigenvalue weighted by Crippen LogP contribution is 2.24. The van der Waals surface area contributed by atoms with Crippen LogP contribution in [0.2, 0.25) is 0 Å². The maximum absolute atomic E-state index is 12.2. The Labute approximate surface area is 131 Å². The number of hydrogen-bond donors (Lipinski definition) is 1. The van der Waals surface area contributed by atoms with Gasteiger partial charge in [-0.1, -0.05) is 6.07 Å². The molecule has 2 saturated heterocycles. The minimum Gasteiger partial charge on any atom is -0.391 e. The molecule has 1 aromatic heterocycles. The molecule has 0 aromatic carbocycles. The van der Waals surface area contributed by atoms with E-state index >= 15 is 0 Å². The van der Waals surface area contributed by atoms with Gasteiger partial charge >= 0.3 is 0 Å². The lowest BCUT2D eigenvalue weighted by atomic mass is 10.0. The molecule has 5 nitrogen and oxygen atoms in total. The van der Waals surface area contributed by atoms with Crippen molar-refractivity contribution in [1.29, 1.82) is 0 Å². The lowest BCUT2D eigenvalue weighted by molar-refractivity contribution is -0.131. The van der Waals surface area contributed by atoms with Crippen LogP contribution in [0.1, 0.15) is 30.5 Å². The third kappa shape index (κ3) is 3.47. The van der Waals surface area contributed by atoms with Gasteiger partial charge in [0, 0.05) is 51.3 Å². The average molecular weight is 303 g/mol. The van der Waals surface area contributed by atoms with E-state index in [-0.39, 0.29) is 11.8 Å². The molecule has 1 aromatic rings. The Morgan fingerprint density at radius 2 is 2.14 bits per heavy atom. The van der Waals surface area contributed by atoms with Crippen LogP contribution in [0.4, 0.5) is 0 Å². The molecule has 0 aliphatic carbocycles. The van der Waals surface area contributed by atoms with Crippen molar-refractivity contribution >= 4 is 5.91 Å². The van der Waals surface area contributed by atoms with Crippen molar-refractivity contribution < 1.29 is 9.90 Å². The van der Waals surface area contributed by atoms with E-state index in [4.69, 9.17) is 0 Å². The van der Waals surface area contributed by atoms with Gasteiger partial charge in [-0.3, -0.25) is 14.7 Å². The number of β-amino-alcohol motifs (C(OH)–C–C–N with tert-alkyl or cyclic N) is 1. The third-order valence-corrected chi connectivity index (χ3v) is 4.87. The summed E-state index contributed by atoms with van der Waals surface area (Å²) in [5.41, 5.74) is 2.23. The van der Waals surface area contributed by atoms with Gasteiger partial charge in [-0.05, 0) is 31.4 Å². The molecule has 0 unspecified atom stereocenters. The van der Waals surface area contributed by atoms with E-state index in [1.165, 1.54) is 5.56 Å². The van der Waals surface area contributed by atoms with Crippen molar-refractivity contribution in [3.05, 3.63) is 29.6 Å². The first kappa shape index (κ1) is 15.4. The molecule has 0 saturated carbocycles. The predicted molar refractivity (Wildman–Crippen MR) is 84.2 cm³/mol. The highest BCUT2D eigenvalue weighted by Gasteiger charge is 2.34. The molecule has 22 heavy (non-hydrogen) atoms. The zero-order chi connectivity index (χ0) is 15.5. The molecule has 3 heterocycles. The monoisotopic (exact) mass is 303 g/mol. The standard InChI is InChI=1S/C17H25N3O2/c1-13-5-4-6-18-15(13)11-19-10-14(16(21)12-19)9-17(22)20-7-2-3-8-20/h4-6,14,16,21H,2-3,7-12H2,1H3/t14-,16-/m0/s1. The summed E-state index contributed by atoms with van der Waals surface area (Å²) < 4.78 is 0. The van der Waals surface area contributed by atoms with E-state index in [1.807, 2.05) is 17.2 Å². The normalized spacial score (nSPS) is 25.8. The minimum atomic E-state index is -0.407. The Hall–Kier alpha value is -1.46. The number of carbonyl (C=O) groups is 1. The van der Waals surface area contributed by atoms with Crippen molar-refractivity contribution in [2.24, 2.45) is 5.92 Å². The van der Waals surface area contributed by atoms with Crippen LogP contribution in [0.5, 0.6) is 0 Å². The van der Waals surface area contributed by atoms with Gasteiger partial charge in [0.25, 0.3) is 0 Å². The van der Waals surface area contributed by atoms with Gasteiger partial charge in [-0.15, -0.1) is 0 Å². The number of aliphatic hydroxyl groups excluding tert-OH is 1. The molecule has 0 bridgehead atoms. The second-order valence-corrected chi connectivity index (χ2v) is 6.58. The lowest BCUT2D eigenvalue weighted by Crippen LogP contribution is -2.32. The number of aryl methyl sites for hydroxylation is 1. The number of likely N-dealkylation sites (tertiary alicyclic amines) is 2. The van der Waals surface area contributed by atoms with Crippen LogP contribution in [0.25, 0.3) is 0 Å². The van der Waals surface area contributed by atoms with E-state index in [1.54, 1.807) is 0 Å². The highest BCUT2D eigenvalue weighted by atomic mass is 16.3. The Bertz CT molecular complexity index is 528. The topological polar surface area (TPSA) is 56.7 Å². The minimum absolute atomic E-state index is 0.0529. The number of rotatable bonds is 4. The van der Waals surface area contributed by atoms with Gasteiger partial charge in [-0.2, -0.15) is 0 Å². The Balaban J connectivity index is 1.55. The summed E-state index contributed by atoms with van der Waals surface area (Å²) in [5, 5.41) is 10.3. The van der Waals surface area contributed by atoms with E-state index in [0.29, 0.717) is 13.0 Å². The molecular weight excluding hydrogens is 278 g/mol. The molecule has 1 N–H and O–H groups in total. The van der Waals surface area contributed by atoms with Gasteiger partial charge in [-0.25, -0.2) is 0 Å². The molecule has 1 amide bonds. The average Bonchev–Trinajstić information content (AvgIpc) is 3.12. The SMILES string of the molecule is Cc1cccnc1CN1C[C@H](CC(=O)N2CCCC2)[C@@H](O)C1. The molecule has 2 aliphatic rings. The van der Waals surface area contributed by atoms with Crippen LogP contribution >= 0.6 is 0 Å². The second kappa shape index (κ2) is 6.75. The first-order valence-electron chi connectivity index (χ1n) is 8.22. The van der Waals surface area contributed by atoms with E-state index < -0.39 is 6.10 Å². The zero-order valence-corrected chi connectivity index (χ0v) is 13.2. The summed E-state index contributed by atoms with van der Waals surface area (Å²) >= 11 is 0. The molecule has 2 aliphatic heterocycles. The maximum Gasteiger partial charge on any atom is 0.222 e. The quantitative estimate of drug-likeness (QED) is 0.908. The molecule has 0 radical (unpaired) electrons. The van der Waals surface area contributed by atoms with Crippen LogP contribution in [0, 0.1) is 12.8 Å². The van der Waals surface area contributed by atoms with Crippen molar-refractivity contribution in [1.82, 2.24) is 14.8 Å². The number of amides is 1. The summed E-state index contributed by atoms with van der Waals surface area (Å²) in [6.45, 7) is 5.99. The van der Waals surface area contributed by atoms with Gasteiger partial charge in [0.1, 0.15) is 0 Å². The van der Waals surface area contributed by atoms with Crippen LogP contribution in [0.3, 0.4) is 0 Å². The predicted octanol–water partition coefficient (Wildman–Crippen LogP) is 1.20. The van der Waals surface area contributed by atoms with Crippen molar-refractivity contribution in [2.75, 3.05) is 26.2 Å². The Kier molecular flexibility index (Phi) is 4.74. The van der Waals surface area contributed by atoms with E-state index in [2.05, 4.69) is 22.9 Å². The van der Waals surface area contributed by atoms with Crippen LogP contribution in [0.15, 0.2) is 18.3 Å². The summed E-state index contributed by atoms with van der Waals surface area (Å²) in [5.74, 6) is 0.259. The molecule has 2 atom stereocenters. The van der Waals surface area contributed by atoms with E-state index in [0.717, 1.165) is 44.7 Å². The molecule has 0 spiro atoms. The summed E-state index contributed by atoms with van der Waals surface area (Å²) in [6.07, 6.45) is 4.10. The number of nitrogens with zero attached hydrogens (tertiary/aromatic N) is 3. The number of carbonyl (C=O) groups excluding carboxylic acids is 1. The smallest absolute Gasteiger partial charge is 0.222 e. The highest BCUT2D eigenvalue weighted by molar-refractivity contribution is 5.76. The summed E-state index contributed by atoms with van der Waals surface area (Å²) in [6, 6.07) is 4.00. The number of aromatic nitrogens is 1. The maximum atomic E-state index is 12.2. The Morgan fingerprint density at radius 1 is 1.36 bits per heavy atom. The molecule has 2 fully saturated rings. The fourth-order valence-electron chi connectivity index (χ4n) is 3.49. The fraction of sp³-hybridized carbons (Fsp3) is 0.647. The molecular formula is C17H25N3O2. The Morgan fingerprint density at radius 3 is 2.86 bits per heavy atom. The number of hydrogen-bond acceptors (Lipinski definition) is 4. The first-order valence-corrected chi connectivity index (χ1v) is 8.22. The van der Waals surface area contributed by atoms with Crippen LogP contribution in [-0.4, -0.2) is 58.1 Å². The zero-order valence-electron chi connectivity index (χ0n) is 13.2. The second-order valence-electron chi connectivity index (χ2n) is 6.58. The van der Waals surface area contributed by atoms with Crippen LogP contribution < -0.4 is 0 Å². The van der Waals surface area contributed by atoms with Gasteiger partial charge in [0.15, 0.2) is 0 Å². The molecule has 3 rings (SSSR count). The lowest BCUT2D eigenvalue weighted by Gasteiger charge is -2.19. The summed E-state index contributed by atoms with van der Waals surface area (Å²) in [4.78, 5) is 20.8. The van der Waals surface area contributed by atoms with Gasteiger partial charge < -0.3 is 10.0 Å². The van der Waals surface area contributed by atoms with Crippen LogP contribution in [-0.2, 0) is 11.3 Å².